The maximum absolute atomic E-state index is 10.3. The molecular weight excluding hydrogens is 392 g/mol. The number of carbonyl (C=O) groups excluding carboxylic acids is 1. The number of nitrogens with one attached hydrogen (secondary N) is 2. The molecule has 2 saturated carbocycles. The number of ether oxygens (including phenoxy) is 1. The van der Waals surface area contributed by atoms with Crippen LogP contribution in [-0.4, -0.2) is 50.4 Å². The van der Waals surface area contributed by atoms with Gasteiger partial charge in [-0.1, -0.05) is 0 Å². The zero-order valence-electron chi connectivity index (χ0n) is 18.0. The van der Waals surface area contributed by atoms with Crippen molar-refractivity contribution in [2.75, 3.05) is 6.61 Å². The summed E-state index contributed by atoms with van der Waals surface area (Å²) in [6, 6.07) is 8.66. The number of benzene rings is 1. The lowest BCUT2D eigenvalue weighted by molar-refractivity contribution is -0.111. The van der Waals surface area contributed by atoms with E-state index in [1.807, 2.05) is 23.9 Å². The van der Waals surface area contributed by atoms with E-state index in [2.05, 4.69) is 39.6 Å². The van der Waals surface area contributed by atoms with E-state index in [0.29, 0.717) is 18.6 Å². The molecule has 0 aliphatic heterocycles. The van der Waals surface area contributed by atoms with Crippen molar-refractivity contribution in [1.29, 1.82) is 0 Å². The first kappa shape index (κ1) is 21.6. The Morgan fingerprint density at radius 3 is 2.74 bits per heavy atom. The fourth-order valence-electron chi connectivity index (χ4n) is 4.22. The zero-order valence-corrected chi connectivity index (χ0v) is 18.0. The van der Waals surface area contributed by atoms with Gasteiger partial charge in [-0.05, 0) is 75.6 Å². The van der Waals surface area contributed by atoms with Crippen LogP contribution in [0.15, 0.2) is 49.2 Å². The standard InChI is InChI=1S/C13H23NO3.C11H9N3/c1-13(16,10-2-3-10)8-17-12-6-4-11(5-7-12)14-9-15;1-2-11-9(3-4-13-11)7-10(1)14-6-5-12-8-14/h9-12,16H,2-8H2,1H3,(H,14,15);1-8,13H. The van der Waals surface area contributed by atoms with Gasteiger partial charge in [-0.25, -0.2) is 4.98 Å². The number of aromatic nitrogens is 3. The van der Waals surface area contributed by atoms with Crippen molar-refractivity contribution < 1.29 is 14.6 Å². The Morgan fingerprint density at radius 2 is 2.06 bits per heavy atom. The van der Waals surface area contributed by atoms with Gasteiger partial charge < -0.3 is 24.7 Å². The molecule has 1 atom stereocenters. The number of hydrogen-bond acceptors (Lipinski definition) is 4. The van der Waals surface area contributed by atoms with Crippen molar-refractivity contribution in [3.05, 3.63) is 49.2 Å². The van der Waals surface area contributed by atoms with Crippen molar-refractivity contribution in [3.63, 3.8) is 0 Å². The first-order chi connectivity index (χ1) is 15.0. The molecule has 2 fully saturated rings. The summed E-state index contributed by atoms with van der Waals surface area (Å²) in [5.74, 6) is 0.440. The van der Waals surface area contributed by atoms with Crippen molar-refractivity contribution in [1.82, 2.24) is 19.9 Å². The summed E-state index contributed by atoms with van der Waals surface area (Å²) in [5, 5.41) is 14.2. The summed E-state index contributed by atoms with van der Waals surface area (Å²) in [4.78, 5) is 17.5. The molecular formula is C24H32N4O3. The minimum absolute atomic E-state index is 0.255. The Balaban J connectivity index is 0.000000151. The minimum atomic E-state index is -0.641. The van der Waals surface area contributed by atoms with E-state index in [9.17, 15) is 9.90 Å². The maximum Gasteiger partial charge on any atom is 0.207 e. The van der Waals surface area contributed by atoms with Crippen molar-refractivity contribution >= 4 is 17.3 Å². The van der Waals surface area contributed by atoms with Gasteiger partial charge in [0.15, 0.2) is 0 Å². The molecule has 2 aliphatic rings. The summed E-state index contributed by atoms with van der Waals surface area (Å²) >= 11 is 0. The van der Waals surface area contributed by atoms with Crippen LogP contribution < -0.4 is 5.32 Å². The van der Waals surface area contributed by atoms with Gasteiger partial charge in [0.2, 0.25) is 6.41 Å². The molecule has 1 aromatic carbocycles. The number of aliphatic hydroxyl groups is 1. The van der Waals surface area contributed by atoms with Gasteiger partial charge in [-0.15, -0.1) is 0 Å². The monoisotopic (exact) mass is 424 g/mol. The fourth-order valence-corrected chi connectivity index (χ4v) is 4.22. The average molecular weight is 425 g/mol. The van der Waals surface area contributed by atoms with E-state index in [0.717, 1.165) is 56.1 Å². The summed E-state index contributed by atoms with van der Waals surface area (Å²) in [7, 11) is 0. The average Bonchev–Trinajstić information content (AvgIpc) is 3.32. The highest BCUT2D eigenvalue weighted by Gasteiger charge is 2.40. The summed E-state index contributed by atoms with van der Waals surface area (Å²) in [5.41, 5.74) is 1.65. The van der Waals surface area contributed by atoms with Gasteiger partial charge in [0.1, 0.15) is 0 Å². The number of aromatic amines is 1. The highest BCUT2D eigenvalue weighted by Crippen LogP contribution is 2.40. The molecule has 3 N–H and O–H groups in total. The van der Waals surface area contributed by atoms with Crippen LogP contribution in [0, 0.1) is 5.92 Å². The number of H-pyrrole nitrogens is 1. The van der Waals surface area contributed by atoms with Crippen LogP contribution in [0.4, 0.5) is 0 Å². The van der Waals surface area contributed by atoms with E-state index >= 15 is 0 Å². The molecule has 1 unspecified atom stereocenters. The second-order valence-electron chi connectivity index (χ2n) is 8.92. The van der Waals surface area contributed by atoms with E-state index in [1.165, 1.54) is 5.39 Å². The fraction of sp³-hybridized carbons (Fsp3) is 0.500. The van der Waals surface area contributed by atoms with Crippen LogP contribution in [0.2, 0.25) is 0 Å². The van der Waals surface area contributed by atoms with Gasteiger partial charge in [-0.3, -0.25) is 4.79 Å². The molecule has 31 heavy (non-hydrogen) atoms. The van der Waals surface area contributed by atoms with Gasteiger partial charge in [0, 0.05) is 41.2 Å². The molecule has 5 rings (SSSR count). The Labute approximate surface area is 182 Å². The zero-order chi connectivity index (χ0) is 21.7. The number of amides is 1. The normalized spacial score (nSPS) is 22.9. The molecule has 0 radical (unpaired) electrons. The molecule has 0 spiro atoms. The first-order valence-corrected chi connectivity index (χ1v) is 11.1. The van der Waals surface area contributed by atoms with Crippen molar-refractivity contribution in [3.8, 4) is 5.69 Å². The number of fused-ring (bicyclic) bond motifs is 1. The molecule has 0 bridgehead atoms. The van der Waals surface area contributed by atoms with Gasteiger partial charge in [-0.2, -0.15) is 0 Å². The molecule has 7 heteroatoms. The van der Waals surface area contributed by atoms with Crippen LogP contribution in [-0.2, 0) is 9.53 Å². The SMILES string of the molecule is CC(O)(COC1CCC(NC=O)CC1)C1CC1.c1cn(-c2ccc3[nH]ccc3c2)cn1. The summed E-state index contributed by atoms with van der Waals surface area (Å²) in [6.45, 7) is 2.33. The lowest BCUT2D eigenvalue weighted by Crippen LogP contribution is -2.38. The second kappa shape index (κ2) is 9.66. The van der Waals surface area contributed by atoms with E-state index in [-0.39, 0.29) is 6.10 Å². The van der Waals surface area contributed by atoms with Crippen LogP contribution in [0.25, 0.3) is 16.6 Å². The maximum atomic E-state index is 10.3. The third-order valence-corrected chi connectivity index (χ3v) is 6.39. The Hall–Kier alpha value is -2.64. The number of rotatable bonds is 7. The van der Waals surface area contributed by atoms with Gasteiger partial charge >= 0.3 is 0 Å². The molecule has 2 heterocycles. The predicted molar refractivity (Wildman–Crippen MR) is 120 cm³/mol. The van der Waals surface area contributed by atoms with E-state index in [4.69, 9.17) is 4.74 Å². The predicted octanol–water partition coefficient (Wildman–Crippen LogP) is 3.57. The highest BCUT2D eigenvalue weighted by molar-refractivity contribution is 5.81. The highest BCUT2D eigenvalue weighted by atomic mass is 16.5. The summed E-state index contributed by atoms with van der Waals surface area (Å²) < 4.78 is 7.80. The molecule has 2 aromatic heterocycles. The molecule has 1 amide bonds. The third-order valence-electron chi connectivity index (χ3n) is 6.39. The molecule has 2 aliphatic carbocycles. The molecule has 0 saturated heterocycles. The quantitative estimate of drug-likeness (QED) is 0.506. The van der Waals surface area contributed by atoms with Crippen LogP contribution >= 0.6 is 0 Å². The third kappa shape index (κ3) is 5.74. The molecule has 166 valence electrons. The minimum Gasteiger partial charge on any atom is -0.387 e. The second-order valence-corrected chi connectivity index (χ2v) is 8.92. The van der Waals surface area contributed by atoms with Crippen LogP contribution in [0.3, 0.4) is 0 Å². The largest absolute Gasteiger partial charge is 0.387 e. The smallest absolute Gasteiger partial charge is 0.207 e. The molecule has 3 aromatic rings. The Morgan fingerprint density at radius 1 is 1.26 bits per heavy atom. The lowest BCUT2D eigenvalue weighted by Gasteiger charge is -2.31. The molecule has 7 nitrogen and oxygen atoms in total. The Kier molecular flexibility index (Phi) is 6.73. The van der Waals surface area contributed by atoms with Crippen LogP contribution in [0.5, 0.6) is 0 Å². The van der Waals surface area contributed by atoms with Gasteiger partial charge in [0.25, 0.3) is 0 Å². The topological polar surface area (TPSA) is 92.2 Å². The van der Waals surface area contributed by atoms with Crippen LogP contribution in [0.1, 0.15) is 45.4 Å². The van der Waals surface area contributed by atoms with Gasteiger partial charge in [0.05, 0.1) is 24.6 Å². The van der Waals surface area contributed by atoms with E-state index in [1.54, 1.807) is 12.5 Å². The Bertz CT molecular complexity index is 954. The lowest BCUT2D eigenvalue weighted by atomic mass is 9.93. The number of imidazole rings is 1. The van der Waals surface area contributed by atoms with Crippen molar-refractivity contribution in [2.24, 2.45) is 5.92 Å². The van der Waals surface area contributed by atoms with Crippen molar-refractivity contribution in [2.45, 2.75) is 63.2 Å². The first-order valence-electron chi connectivity index (χ1n) is 11.1. The number of hydrogen-bond donors (Lipinski definition) is 3. The number of nitrogens with zero attached hydrogens (tertiary/aromatic N) is 2. The summed E-state index contributed by atoms with van der Waals surface area (Å²) in [6.07, 6.45) is 14.7. The number of carbonyl (C=O) groups is 1. The van der Waals surface area contributed by atoms with E-state index < -0.39 is 5.60 Å².